The van der Waals surface area contributed by atoms with Gasteiger partial charge in [-0.25, -0.2) is 0 Å². The molecule has 2 N–H and O–H groups in total. The first kappa shape index (κ1) is 14.1. The van der Waals surface area contributed by atoms with E-state index in [9.17, 15) is 14.4 Å². The number of nitrogens with one attached hydrogen (secondary N) is 2. The van der Waals surface area contributed by atoms with Gasteiger partial charge in [-0.15, -0.1) is 0 Å². The van der Waals surface area contributed by atoms with Gasteiger partial charge in [0.15, 0.2) is 0 Å². The van der Waals surface area contributed by atoms with Gasteiger partial charge < -0.3 is 15.4 Å². The van der Waals surface area contributed by atoms with Gasteiger partial charge in [-0.3, -0.25) is 14.5 Å². The molecule has 1 heterocycles. The molecule has 2 amide bonds. The maximum Gasteiger partial charge on any atom is 0.251 e. The second kappa shape index (κ2) is 6.70. The van der Waals surface area contributed by atoms with E-state index in [4.69, 9.17) is 0 Å². The molecule has 0 spiro atoms. The second-order valence-corrected chi connectivity index (χ2v) is 3.77. The molecule has 1 aliphatic rings. The molecule has 1 atom stereocenters. The zero-order valence-corrected chi connectivity index (χ0v) is 10.3. The van der Waals surface area contributed by atoms with Crippen molar-refractivity contribution in [3.8, 4) is 0 Å². The molecule has 0 radical (unpaired) electrons. The first-order valence-electron chi connectivity index (χ1n) is 5.74. The topological polar surface area (TPSA) is 78.5 Å². The fraction of sp³-hybridized carbons (Fsp3) is 0.417. The van der Waals surface area contributed by atoms with E-state index >= 15 is 0 Å². The van der Waals surface area contributed by atoms with Gasteiger partial charge in [-0.2, -0.15) is 0 Å². The van der Waals surface area contributed by atoms with Crippen LogP contribution >= 0.6 is 0 Å². The number of carbonyl (C=O) groups excluding carboxylic acids is 3. The van der Waals surface area contributed by atoms with Gasteiger partial charge in [0.25, 0.3) is 5.91 Å². The lowest BCUT2D eigenvalue weighted by Crippen LogP contribution is -2.52. The van der Waals surface area contributed by atoms with Crippen LogP contribution < -0.4 is 10.6 Å². The van der Waals surface area contributed by atoms with Crippen molar-refractivity contribution in [2.45, 2.75) is 13.0 Å². The molecule has 0 aliphatic carbocycles. The van der Waals surface area contributed by atoms with Crippen LogP contribution in [0.25, 0.3) is 0 Å². The van der Waals surface area contributed by atoms with Gasteiger partial charge in [0.05, 0.1) is 6.54 Å². The van der Waals surface area contributed by atoms with Gasteiger partial charge in [-0.05, 0) is 13.0 Å². The quantitative estimate of drug-likeness (QED) is 0.458. The predicted octanol–water partition coefficient (Wildman–Crippen LogP) is -0.808. The van der Waals surface area contributed by atoms with Gasteiger partial charge >= 0.3 is 0 Å². The molecule has 0 aromatic heterocycles. The molecule has 98 valence electrons. The van der Waals surface area contributed by atoms with Crippen LogP contribution in [0.1, 0.15) is 6.92 Å². The Kier molecular flexibility index (Phi) is 5.26. The van der Waals surface area contributed by atoms with E-state index in [1.54, 1.807) is 13.0 Å². The summed E-state index contributed by atoms with van der Waals surface area (Å²) in [4.78, 5) is 35.2. The third kappa shape index (κ3) is 3.27. The first-order chi connectivity index (χ1) is 8.61. The zero-order valence-electron chi connectivity index (χ0n) is 10.3. The Morgan fingerprint density at radius 1 is 1.56 bits per heavy atom. The molecule has 0 fully saturated rings. The fourth-order valence-electron chi connectivity index (χ4n) is 1.70. The first-order valence-corrected chi connectivity index (χ1v) is 5.74. The van der Waals surface area contributed by atoms with E-state index in [1.807, 2.05) is 0 Å². The van der Waals surface area contributed by atoms with Crippen molar-refractivity contribution in [2.24, 2.45) is 0 Å². The van der Waals surface area contributed by atoms with Crippen molar-refractivity contribution >= 4 is 18.1 Å². The highest BCUT2D eigenvalue weighted by molar-refractivity contribution is 5.97. The fourth-order valence-corrected chi connectivity index (χ4v) is 1.70. The molecule has 1 aliphatic heterocycles. The summed E-state index contributed by atoms with van der Waals surface area (Å²) in [7, 11) is 0. The van der Waals surface area contributed by atoms with Crippen molar-refractivity contribution < 1.29 is 14.4 Å². The Bertz CT molecular complexity index is 372. The third-order valence-corrected chi connectivity index (χ3v) is 2.50. The summed E-state index contributed by atoms with van der Waals surface area (Å²) in [5.74, 6) is -0.543. The molecule has 0 saturated carbocycles. The number of hydrogen-bond donors (Lipinski definition) is 2. The molecule has 0 bridgehead atoms. The summed E-state index contributed by atoms with van der Waals surface area (Å²) in [5.41, 5.74) is 0.476. The Morgan fingerprint density at radius 3 is 2.78 bits per heavy atom. The Morgan fingerprint density at radius 2 is 2.28 bits per heavy atom. The van der Waals surface area contributed by atoms with Crippen LogP contribution in [0.2, 0.25) is 0 Å². The number of rotatable bonds is 7. The van der Waals surface area contributed by atoms with E-state index in [0.29, 0.717) is 18.5 Å². The highest BCUT2D eigenvalue weighted by atomic mass is 16.2. The van der Waals surface area contributed by atoms with Crippen molar-refractivity contribution in [3.05, 3.63) is 24.4 Å². The molecule has 0 aromatic rings. The van der Waals surface area contributed by atoms with Crippen molar-refractivity contribution in [3.63, 3.8) is 0 Å². The van der Waals surface area contributed by atoms with E-state index < -0.39 is 6.04 Å². The SMILES string of the molecule is C=C1C=CC(=O)N1C(CNCC=O)C(=O)NCC. The predicted molar refractivity (Wildman–Crippen MR) is 66.5 cm³/mol. The molecule has 1 unspecified atom stereocenters. The van der Waals surface area contributed by atoms with Crippen LogP contribution in [0.4, 0.5) is 0 Å². The summed E-state index contributed by atoms with van der Waals surface area (Å²) in [5, 5.41) is 5.46. The minimum atomic E-state index is -0.695. The van der Waals surface area contributed by atoms with Crippen LogP contribution in [-0.4, -0.2) is 48.7 Å². The number of allylic oxidation sites excluding steroid dienone is 1. The van der Waals surface area contributed by atoms with Crippen molar-refractivity contribution in [2.75, 3.05) is 19.6 Å². The standard InChI is InChI=1S/C12H17N3O3/c1-3-14-12(18)10(8-13-6-7-16)15-9(2)4-5-11(15)17/h4-5,7,10,13H,2-3,6,8H2,1H3,(H,14,18). The third-order valence-electron chi connectivity index (χ3n) is 2.50. The van der Waals surface area contributed by atoms with E-state index in [-0.39, 0.29) is 24.9 Å². The van der Waals surface area contributed by atoms with Gasteiger partial charge in [-0.1, -0.05) is 6.58 Å². The molecular formula is C12H17N3O3. The van der Waals surface area contributed by atoms with Gasteiger partial charge in [0.2, 0.25) is 5.91 Å². The lowest BCUT2D eigenvalue weighted by molar-refractivity contribution is -0.134. The number of amides is 2. The number of aldehydes is 1. The molecule has 0 aromatic carbocycles. The number of hydrogen-bond acceptors (Lipinski definition) is 4. The zero-order chi connectivity index (χ0) is 13.5. The normalized spacial score (nSPS) is 15.9. The van der Waals surface area contributed by atoms with E-state index in [1.165, 1.54) is 11.0 Å². The summed E-state index contributed by atoms with van der Waals surface area (Å²) in [6, 6.07) is -0.695. The Hall–Kier alpha value is -1.95. The number of carbonyl (C=O) groups is 3. The summed E-state index contributed by atoms with van der Waals surface area (Å²) >= 11 is 0. The Balaban J connectivity index is 2.76. The Labute approximate surface area is 106 Å². The van der Waals surface area contributed by atoms with Crippen molar-refractivity contribution in [1.29, 1.82) is 0 Å². The van der Waals surface area contributed by atoms with E-state index in [2.05, 4.69) is 17.2 Å². The van der Waals surface area contributed by atoms with Crippen LogP contribution in [0.3, 0.4) is 0 Å². The number of likely N-dealkylation sites (N-methyl/N-ethyl adjacent to an activating group) is 1. The highest BCUT2D eigenvalue weighted by Crippen LogP contribution is 2.16. The van der Waals surface area contributed by atoms with Crippen LogP contribution in [0, 0.1) is 0 Å². The highest BCUT2D eigenvalue weighted by Gasteiger charge is 2.32. The largest absolute Gasteiger partial charge is 0.355 e. The maximum absolute atomic E-state index is 11.9. The molecular weight excluding hydrogens is 234 g/mol. The van der Waals surface area contributed by atoms with Gasteiger partial charge in [0.1, 0.15) is 12.3 Å². The van der Waals surface area contributed by atoms with E-state index in [0.717, 1.165) is 0 Å². The van der Waals surface area contributed by atoms with Crippen LogP contribution in [0.15, 0.2) is 24.4 Å². The van der Waals surface area contributed by atoms with Crippen LogP contribution in [0.5, 0.6) is 0 Å². The molecule has 6 nitrogen and oxygen atoms in total. The summed E-state index contributed by atoms with van der Waals surface area (Å²) < 4.78 is 0. The maximum atomic E-state index is 11.9. The smallest absolute Gasteiger partial charge is 0.251 e. The minimum Gasteiger partial charge on any atom is -0.355 e. The second-order valence-electron chi connectivity index (χ2n) is 3.77. The van der Waals surface area contributed by atoms with Gasteiger partial charge in [0, 0.05) is 24.9 Å². The lowest BCUT2D eigenvalue weighted by Gasteiger charge is -2.27. The molecule has 18 heavy (non-hydrogen) atoms. The minimum absolute atomic E-state index is 0.137. The molecule has 1 rings (SSSR count). The van der Waals surface area contributed by atoms with Crippen LogP contribution in [-0.2, 0) is 14.4 Å². The molecule has 0 saturated heterocycles. The average Bonchev–Trinajstić information content (AvgIpc) is 2.66. The molecule has 6 heteroatoms. The monoisotopic (exact) mass is 251 g/mol. The summed E-state index contributed by atoms with van der Waals surface area (Å²) in [6.07, 6.45) is 3.64. The average molecular weight is 251 g/mol. The summed E-state index contributed by atoms with van der Waals surface area (Å²) in [6.45, 7) is 6.34. The lowest BCUT2D eigenvalue weighted by atomic mass is 10.2. The van der Waals surface area contributed by atoms with Crippen molar-refractivity contribution in [1.82, 2.24) is 15.5 Å². The number of nitrogens with zero attached hydrogens (tertiary/aromatic N) is 1.